The van der Waals surface area contributed by atoms with Crippen molar-refractivity contribution in [1.82, 2.24) is 4.98 Å². The zero-order valence-electron chi connectivity index (χ0n) is 13.6. The molecule has 128 valence electrons. The summed E-state index contributed by atoms with van der Waals surface area (Å²) in [6, 6.07) is 1.34. The van der Waals surface area contributed by atoms with Gasteiger partial charge in [-0.3, -0.25) is 14.4 Å². The molecular formula is C18H15NO6. The largest absolute Gasteiger partial charge is 0.475 e. The van der Waals surface area contributed by atoms with Crippen LogP contribution in [0.15, 0.2) is 29.9 Å². The van der Waals surface area contributed by atoms with Crippen LogP contribution < -0.4 is 4.74 Å². The van der Waals surface area contributed by atoms with Gasteiger partial charge in [-0.1, -0.05) is 17.7 Å². The summed E-state index contributed by atoms with van der Waals surface area (Å²) in [4.78, 5) is 51.0. The molecule has 2 atom stereocenters. The molecule has 7 nitrogen and oxygen atoms in total. The summed E-state index contributed by atoms with van der Waals surface area (Å²) in [6.07, 6.45) is 4.24. The Balaban J connectivity index is 1.97. The van der Waals surface area contributed by atoms with Crippen LogP contribution >= 0.6 is 0 Å². The minimum Gasteiger partial charge on any atom is -0.475 e. The predicted molar refractivity (Wildman–Crippen MR) is 85.7 cm³/mol. The van der Waals surface area contributed by atoms with Crippen molar-refractivity contribution in [1.29, 1.82) is 0 Å². The van der Waals surface area contributed by atoms with Crippen LogP contribution in [0, 0.1) is 12.8 Å². The number of pyridine rings is 1. The molecule has 0 aromatic carbocycles. The lowest BCUT2D eigenvalue weighted by Crippen LogP contribution is -2.37. The molecule has 0 bridgehead atoms. The van der Waals surface area contributed by atoms with Crippen LogP contribution in [-0.2, 0) is 9.59 Å². The molecule has 0 saturated carbocycles. The van der Waals surface area contributed by atoms with E-state index >= 15 is 0 Å². The van der Waals surface area contributed by atoms with Crippen molar-refractivity contribution in [2.24, 2.45) is 5.92 Å². The van der Waals surface area contributed by atoms with E-state index in [0.29, 0.717) is 0 Å². The highest BCUT2D eigenvalue weighted by molar-refractivity contribution is 6.37. The maximum absolute atomic E-state index is 12.7. The maximum Gasteiger partial charge on any atom is 0.372 e. The van der Waals surface area contributed by atoms with E-state index in [9.17, 15) is 19.2 Å². The number of ketones is 3. The minimum absolute atomic E-state index is 0.0517. The summed E-state index contributed by atoms with van der Waals surface area (Å²) in [5.41, 5.74) is 1.43. The molecule has 1 aliphatic carbocycles. The fraction of sp³-hybridized carbons (Fsp3) is 0.278. The third kappa shape index (κ3) is 3.00. The lowest BCUT2D eigenvalue weighted by Gasteiger charge is -2.30. The number of aromatic nitrogens is 1. The molecule has 0 saturated heterocycles. The Bertz CT molecular complexity index is 880. The van der Waals surface area contributed by atoms with E-state index < -0.39 is 36.0 Å². The number of rotatable bonds is 4. The number of nitrogens with zero attached hydrogens (tertiary/aromatic N) is 1. The van der Waals surface area contributed by atoms with Crippen molar-refractivity contribution in [3.05, 3.63) is 46.7 Å². The number of aliphatic carboxylic acids is 1. The average molecular weight is 341 g/mol. The van der Waals surface area contributed by atoms with E-state index in [1.165, 1.54) is 6.07 Å². The maximum atomic E-state index is 12.7. The fourth-order valence-corrected chi connectivity index (χ4v) is 2.89. The number of carboxylic acids is 1. The quantitative estimate of drug-likeness (QED) is 0.504. The van der Waals surface area contributed by atoms with Crippen molar-refractivity contribution in [3.8, 4) is 5.88 Å². The second-order valence-corrected chi connectivity index (χ2v) is 6.04. The van der Waals surface area contributed by atoms with Gasteiger partial charge in [0.2, 0.25) is 11.7 Å². The van der Waals surface area contributed by atoms with E-state index in [1.54, 1.807) is 19.1 Å². The van der Waals surface area contributed by atoms with Gasteiger partial charge in [-0.05, 0) is 26.0 Å². The molecule has 0 radical (unpaired) electrons. The first kappa shape index (κ1) is 16.8. The second kappa shape index (κ2) is 6.08. The molecule has 3 rings (SSSR count). The van der Waals surface area contributed by atoms with Gasteiger partial charge in [-0.2, -0.15) is 0 Å². The van der Waals surface area contributed by atoms with Gasteiger partial charge in [0.05, 0.1) is 23.6 Å². The second-order valence-electron chi connectivity index (χ2n) is 6.04. The standard InChI is InChI=1S/C18H15NO6/c1-8-3-4-15-11(5-8)16(22)12-6-10(9(2)19-17(12)25-15)13(20)7-14(21)18(23)24/h3-6,11,15H,7H2,1-2H3,(H,23,24). The van der Waals surface area contributed by atoms with Gasteiger partial charge < -0.3 is 9.84 Å². The smallest absolute Gasteiger partial charge is 0.372 e. The molecular weight excluding hydrogens is 326 g/mol. The number of carbonyl (C=O) groups excluding carboxylic acids is 3. The highest BCUT2D eigenvalue weighted by Gasteiger charge is 2.37. The first-order valence-electron chi connectivity index (χ1n) is 7.66. The highest BCUT2D eigenvalue weighted by Crippen LogP contribution is 2.34. The van der Waals surface area contributed by atoms with Crippen molar-refractivity contribution in [2.75, 3.05) is 0 Å². The third-order valence-corrected chi connectivity index (χ3v) is 4.20. The van der Waals surface area contributed by atoms with Crippen LogP contribution in [0.3, 0.4) is 0 Å². The number of hydrogen-bond acceptors (Lipinski definition) is 6. The van der Waals surface area contributed by atoms with Gasteiger partial charge >= 0.3 is 5.97 Å². The zero-order valence-corrected chi connectivity index (χ0v) is 13.6. The van der Waals surface area contributed by atoms with Crippen molar-refractivity contribution < 1.29 is 29.0 Å². The van der Waals surface area contributed by atoms with E-state index in [4.69, 9.17) is 9.84 Å². The topological polar surface area (TPSA) is 111 Å². The average Bonchev–Trinajstić information content (AvgIpc) is 2.55. The number of aryl methyl sites for hydroxylation is 1. The Morgan fingerprint density at radius 2 is 2.00 bits per heavy atom. The predicted octanol–water partition coefficient (Wildman–Crippen LogP) is 1.69. The molecule has 25 heavy (non-hydrogen) atoms. The molecule has 2 heterocycles. The van der Waals surface area contributed by atoms with E-state index in [1.807, 2.05) is 13.0 Å². The SMILES string of the molecule is CC1=CC2C(=O)c3cc(C(=O)CC(=O)C(=O)O)c(C)nc3OC2C=C1. The monoisotopic (exact) mass is 341 g/mol. The summed E-state index contributed by atoms with van der Waals surface area (Å²) >= 11 is 0. The van der Waals surface area contributed by atoms with Gasteiger partial charge in [0.25, 0.3) is 0 Å². The Morgan fingerprint density at radius 3 is 2.68 bits per heavy atom. The molecule has 0 spiro atoms. The van der Waals surface area contributed by atoms with Gasteiger partial charge in [0.1, 0.15) is 6.10 Å². The van der Waals surface area contributed by atoms with Gasteiger partial charge in [-0.25, -0.2) is 9.78 Å². The van der Waals surface area contributed by atoms with Gasteiger partial charge in [0, 0.05) is 5.56 Å². The lowest BCUT2D eigenvalue weighted by molar-refractivity contribution is -0.148. The molecule has 2 unspecified atom stereocenters. The molecule has 0 amide bonds. The van der Waals surface area contributed by atoms with Gasteiger partial charge in [0.15, 0.2) is 11.6 Å². The highest BCUT2D eigenvalue weighted by atomic mass is 16.5. The summed E-state index contributed by atoms with van der Waals surface area (Å²) < 4.78 is 5.75. The summed E-state index contributed by atoms with van der Waals surface area (Å²) in [6.45, 7) is 3.41. The molecule has 0 fully saturated rings. The molecule has 1 aromatic heterocycles. The minimum atomic E-state index is -1.67. The van der Waals surface area contributed by atoms with Crippen molar-refractivity contribution in [2.45, 2.75) is 26.4 Å². The number of hydrogen-bond donors (Lipinski definition) is 1. The fourth-order valence-electron chi connectivity index (χ4n) is 2.89. The number of ether oxygens (including phenoxy) is 1. The first-order valence-corrected chi connectivity index (χ1v) is 7.66. The lowest BCUT2D eigenvalue weighted by atomic mass is 9.85. The normalized spacial score (nSPS) is 20.9. The number of allylic oxidation sites excluding steroid dienone is 2. The van der Waals surface area contributed by atoms with Crippen LogP contribution in [0.4, 0.5) is 0 Å². The number of carbonyl (C=O) groups is 4. The Hall–Kier alpha value is -3.09. The molecule has 1 aromatic rings. The van der Waals surface area contributed by atoms with Crippen molar-refractivity contribution >= 4 is 23.3 Å². The van der Waals surface area contributed by atoms with Crippen LogP contribution in [0.1, 0.15) is 39.8 Å². The van der Waals surface area contributed by atoms with Crippen LogP contribution in [0.25, 0.3) is 0 Å². The Kier molecular flexibility index (Phi) is 4.08. The van der Waals surface area contributed by atoms with Crippen LogP contribution in [0.5, 0.6) is 5.88 Å². The Labute approximate surface area is 143 Å². The zero-order chi connectivity index (χ0) is 18.3. The first-order chi connectivity index (χ1) is 11.8. The van der Waals surface area contributed by atoms with E-state index in [-0.39, 0.29) is 28.5 Å². The van der Waals surface area contributed by atoms with Crippen molar-refractivity contribution in [3.63, 3.8) is 0 Å². The number of fused-ring (bicyclic) bond motifs is 2. The van der Waals surface area contributed by atoms with Crippen LogP contribution in [0.2, 0.25) is 0 Å². The molecule has 1 aliphatic heterocycles. The Morgan fingerprint density at radius 1 is 1.28 bits per heavy atom. The third-order valence-electron chi connectivity index (χ3n) is 4.20. The van der Waals surface area contributed by atoms with E-state index in [2.05, 4.69) is 4.98 Å². The summed E-state index contributed by atoms with van der Waals surface area (Å²) in [5.74, 6) is -4.14. The van der Waals surface area contributed by atoms with Crippen LogP contribution in [-0.4, -0.2) is 39.5 Å². The summed E-state index contributed by atoms with van der Waals surface area (Å²) in [7, 11) is 0. The number of Topliss-reactive ketones (excluding diaryl/α,β-unsaturated/α-hetero) is 3. The van der Waals surface area contributed by atoms with Gasteiger partial charge in [-0.15, -0.1) is 0 Å². The number of carboxylic acid groups (broad SMARTS) is 1. The van der Waals surface area contributed by atoms with E-state index in [0.717, 1.165) is 5.57 Å². The molecule has 2 aliphatic rings. The summed E-state index contributed by atoms with van der Waals surface area (Å²) in [5, 5.41) is 8.63. The molecule has 7 heteroatoms. The molecule has 1 N–H and O–H groups in total.